The Kier molecular flexibility index (Phi) is 10.8. The highest BCUT2D eigenvalue weighted by molar-refractivity contribution is 6.76. The van der Waals surface area contributed by atoms with E-state index < -0.39 is 26.0 Å². The molecule has 4 heterocycles. The molecule has 1 aliphatic heterocycles. The van der Waals surface area contributed by atoms with Gasteiger partial charge < -0.3 is 38.4 Å². The van der Waals surface area contributed by atoms with Crippen LogP contribution < -0.4 is 10.1 Å². The predicted octanol–water partition coefficient (Wildman–Crippen LogP) is 6.87. The van der Waals surface area contributed by atoms with Crippen LogP contribution in [0.5, 0.6) is 5.75 Å². The Morgan fingerprint density at radius 2 is 1.96 bits per heavy atom. The average Bonchev–Trinajstić information content (AvgIpc) is 3.79. The summed E-state index contributed by atoms with van der Waals surface area (Å²) < 4.78 is 31.3. The summed E-state index contributed by atoms with van der Waals surface area (Å²) in [5.74, 6) is 0.704. The van der Waals surface area contributed by atoms with E-state index in [2.05, 4.69) is 34.9 Å². The average molecular weight is 652 g/mol. The van der Waals surface area contributed by atoms with Gasteiger partial charge in [0, 0.05) is 43.8 Å². The Balaban J connectivity index is 1.38. The zero-order valence-corrected chi connectivity index (χ0v) is 28.4. The molecule has 1 saturated heterocycles. The van der Waals surface area contributed by atoms with Crippen LogP contribution >= 0.6 is 0 Å². The van der Waals surface area contributed by atoms with Crippen molar-refractivity contribution in [2.24, 2.45) is 0 Å². The summed E-state index contributed by atoms with van der Waals surface area (Å²) in [6.07, 6.45) is 7.24. The second kappa shape index (κ2) is 14.8. The number of rotatable bonds is 16. The summed E-state index contributed by atoms with van der Waals surface area (Å²) in [5.41, 5.74) is 3.37. The van der Waals surface area contributed by atoms with E-state index in [0.29, 0.717) is 50.1 Å². The number of ether oxygens (including phenoxy) is 4. The van der Waals surface area contributed by atoms with Crippen LogP contribution in [0.4, 0.5) is 4.79 Å². The Morgan fingerprint density at radius 3 is 2.65 bits per heavy atom. The number of carboxylic acid groups (broad SMARTS) is 1. The number of nitrogens with one attached hydrogen (secondary N) is 1. The lowest BCUT2D eigenvalue weighted by atomic mass is 10.0. The van der Waals surface area contributed by atoms with Crippen molar-refractivity contribution >= 4 is 25.1 Å². The number of nitrogens with zero attached hydrogens (tertiary/aromatic N) is 4. The Hall–Kier alpha value is -3.78. The van der Waals surface area contributed by atoms with Gasteiger partial charge in [-0.3, -0.25) is 4.98 Å². The van der Waals surface area contributed by atoms with Crippen LogP contribution in [0.1, 0.15) is 55.6 Å². The molecule has 0 radical (unpaired) electrons. The van der Waals surface area contributed by atoms with Crippen molar-refractivity contribution in [1.82, 2.24) is 24.8 Å². The smallest absolute Gasteiger partial charge is 0.405 e. The zero-order chi connectivity index (χ0) is 32.7. The van der Waals surface area contributed by atoms with E-state index >= 15 is 0 Å². The van der Waals surface area contributed by atoms with Gasteiger partial charge in [-0.05, 0) is 37.9 Å². The van der Waals surface area contributed by atoms with Crippen LogP contribution in [0, 0.1) is 6.92 Å². The molecule has 1 atom stereocenters. The number of aromatic nitrogens is 4. The fourth-order valence-corrected chi connectivity index (χ4v) is 6.47. The van der Waals surface area contributed by atoms with Gasteiger partial charge in [0.15, 0.2) is 0 Å². The monoisotopic (exact) mass is 651 g/mol. The predicted molar refractivity (Wildman–Crippen MR) is 175 cm³/mol. The van der Waals surface area contributed by atoms with Gasteiger partial charge in [-0.2, -0.15) is 0 Å². The third-order valence-corrected chi connectivity index (χ3v) is 9.85. The number of amides is 1. The van der Waals surface area contributed by atoms with Crippen LogP contribution in [-0.4, -0.2) is 65.7 Å². The van der Waals surface area contributed by atoms with E-state index in [1.807, 2.05) is 35.8 Å². The van der Waals surface area contributed by atoms with Crippen LogP contribution in [-0.2, 0) is 26.7 Å². The molecule has 1 unspecified atom stereocenters. The normalized spacial score (nSPS) is 15.3. The van der Waals surface area contributed by atoms with Crippen LogP contribution in [0.3, 0.4) is 0 Å². The highest BCUT2D eigenvalue weighted by Crippen LogP contribution is 2.37. The number of hydrogen-bond donors (Lipinski definition) is 2. The minimum atomic E-state index is -1.32. The van der Waals surface area contributed by atoms with Crippen molar-refractivity contribution in [2.45, 2.75) is 83.3 Å². The van der Waals surface area contributed by atoms with Gasteiger partial charge in [-0.25, -0.2) is 14.8 Å². The van der Waals surface area contributed by atoms with Crippen molar-refractivity contribution in [3.8, 4) is 17.0 Å². The molecule has 0 spiro atoms. The number of oxazole rings is 1. The molecule has 46 heavy (non-hydrogen) atoms. The number of imidazole rings is 1. The van der Waals surface area contributed by atoms with Gasteiger partial charge in [0.05, 0.1) is 50.0 Å². The zero-order valence-electron chi connectivity index (χ0n) is 27.4. The number of benzene rings is 1. The molecule has 13 heteroatoms. The first-order valence-electron chi connectivity index (χ1n) is 15.8. The second-order valence-electron chi connectivity index (χ2n) is 12.9. The largest absolute Gasteiger partial charge is 0.496 e. The molecular weight excluding hydrogens is 606 g/mol. The molecule has 0 saturated carbocycles. The Morgan fingerprint density at radius 1 is 1.15 bits per heavy atom. The lowest BCUT2D eigenvalue weighted by Crippen LogP contribution is -2.30. The van der Waals surface area contributed by atoms with E-state index in [9.17, 15) is 9.90 Å². The molecule has 0 aliphatic carbocycles. The molecule has 1 aromatic carbocycles. The first-order chi connectivity index (χ1) is 22.1. The van der Waals surface area contributed by atoms with Crippen molar-refractivity contribution in [3.63, 3.8) is 0 Å². The maximum absolute atomic E-state index is 12.0. The van der Waals surface area contributed by atoms with Gasteiger partial charge in [0.2, 0.25) is 5.79 Å². The molecule has 2 N–H and O–H groups in total. The molecule has 0 bridgehead atoms. The third kappa shape index (κ3) is 8.13. The number of unbranched alkanes of at least 4 members (excludes halogenated alkanes) is 2. The molecule has 248 valence electrons. The van der Waals surface area contributed by atoms with E-state index in [1.54, 1.807) is 19.5 Å². The van der Waals surface area contributed by atoms with Gasteiger partial charge in [-0.1, -0.05) is 38.5 Å². The van der Waals surface area contributed by atoms with Crippen molar-refractivity contribution in [2.75, 3.05) is 26.9 Å². The van der Waals surface area contributed by atoms with Gasteiger partial charge in [0.25, 0.3) is 5.89 Å². The molecule has 1 amide bonds. The summed E-state index contributed by atoms with van der Waals surface area (Å²) in [6.45, 7) is 10.7. The molecular formula is C33H45N5O7Si. The lowest BCUT2D eigenvalue weighted by Gasteiger charge is -2.24. The quantitative estimate of drug-likeness (QED) is 0.0973. The molecule has 1 aliphatic rings. The van der Waals surface area contributed by atoms with Crippen LogP contribution in [0.25, 0.3) is 22.2 Å². The molecule has 4 aromatic rings. The number of hydrogen-bond acceptors (Lipinski definition) is 9. The minimum Gasteiger partial charge on any atom is -0.496 e. The van der Waals surface area contributed by atoms with Crippen LogP contribution in [0.2, 0.25) is 25.7 Å². The molecule has 5 rings (SSSR count). The highest BCUT2D eigenvalue weighted by atomic mass is 28.3. The number of carbonyl (C=O) groups is 1. The maximum Gasteiger partial charge on any atom is 0.405 e. The number of fused-ring (bicyclic) bond motifs is 1. The van der Waals surface area contributed by atoms with E-state index in [-0.39, 0.29) is 6.73 Å². The fourth-order valence-electron chi connectivity index (χ4n) is 5.71. The fraction of sp³-hybridized carbons (Fsp3) is 0.515. The lowest BCUT2D eigenvalue weighted by molar-refractivity contribution is -0.187. The SMILES string of the molecule is COc1cc2nc(C)ccc2cc1-c1cnc(C(CCCCCC2(c3ncco3)OCCO2)NC(=O)O)n1COCC[Si](C)(C)C. The first-order valence-corrected chi connectivity index (χ1v) is 19.6. The summed E-state index contributed by atoms with van der Waals surface area (Å²) in [4.78, 5) is 25.7. The highest BCUT2D eigenvalue weighted by Gasteiger charge is 2.42. The van der Waals surface area contributed by atoms with E-state index in [0.717, 1.165) is 53.2 Å². The topological polar surface area (TPSA) is 143 Å². The van der Waals surface area contributed by atoms with Crippen molar-refractivity contribution in [1.29, 1.82) is 0 Å². The summed E-state index contributed by atoms with van der Waals surface area (Å²) in [5, 5.41) is 13.5. The van der Waals surface area contributed by atoms with Gasteiger partial charge >= 0.3 is 6.09 Å². The van der Waals surface area contributed by atoms with Crippen LogP contribution in [0.15, 0.2) is 47.3 Å². The first kappa shape index (κ1) is 33.6. The minimum absolute atomic E-state index is 0.230. The number of methoxy groups -OCH3 is 1. The summed E-state index contributed by atoms with van der Waals surface area (Å²) >= 11 is 0. The van der Waals surface area contributed by atoms with Gasteiger partial charge in [0.1, 0.15) is 24.6 Å². The third-order valence-electron chi connectivity index (χ3n) is 8.15. The summed E-state index contributed by atoms with van der Waals surface area (Å²) in [6, 6.07) is 8.44. The van der Waals surface area contributed by atoms with Crippen molar-refractivity contribution in [3.05, 3.63) is 60.3 Å². The molecule has 3 aromatic heterocycles. The Bertz CT molecular complexity index is 1600. The summed E-state index contributed by atoms with van der Waals surface area (Å²) in [7, 11) is 0.317. The number of aryl methyl sites for hydroxylation is 1. The van der Waals surface area contributed by atoms with E-state index in [4.69, 9.17) is 28.3 Å². The van der Waals surface area contributed by atoms with E-state index in [1.165, 1.54) is 6.26 Å². The molecule has 12 nitrogen and oxygen atoms in total. The number of pyridine rings is 1. The maximum atomic E-state index is 12.0. The van der Waals surface area contributed by atoms with Gasteiger partial charge in [-0.15, -0.1) is 0 Å². The molecule has 1 fully saturated rings. The van der Waals surface area contributed by atoms with Crippen molar-refractivity contribution < 1.29 is 33.3 Å². The Labute approximate surface area is 270 Å². The standard InChI is InChI=1S/C33H45N5O7Si/c1-23-10-11-24-19-25(29(41-2)20-27(24)36-23)28-21-35-30(38(28)22-42-17-18-46(3,4)5)26(37-32(39)40)9-7-6-8-12-33(44-15-16-45-33)31-34-13-14-43-31/h10-11,13-14,19-21,26,37H,6-9,12,15-18,22H2,1-5H3,(H,39,40). The second-order valence-corrected chi connectivity index (χ2v) is 18.5.